The van der Waals surface area contributed by atoms with Gasteiger partial charge in [0.2, 0.25) is 11.9 Å². The van der Waals surface area contributed by atoms with Gasteiger partial charge in [-0.05, 0) is 26.0 Å². The maximum atomic E-state index is 12.8. The molecule has 6 nitrogen and oxygen atoms in total. The Balaban J connectivity index is 1.71. The zero-order valence-electron chi connectivity index (χ0n) is 13.4. The standard InChI is InChI=1S/C15H17F3N6/c1-10-9-11(2)21-14(20-10)24-7-5-23(6-8-24)13-19-4-3-12(22-13)15(16,17)18/h3-4,9H,5-8H2,1-2H3. The molecule has 2 aromatic heterocycles. The predicted molar refractivity (Wildman–Crippen MR) is 83.0 cm³/mol. The molecule has 0 aromatic carbocycles. The number of rotatable bonds is 2. The summed E-state index contributed by atoms with van der Waals surface area (Å²) in [5.74, 6) is 0.753. The van der Waals surface area contributed by atoms with Gasteiger partial charge in [-0.15, -0.1) is 0 Å². The summed E-state index contributed by atoms with van der Waals surface area (Å²) in [4.78, 5) is 20.2. The minimum Gasteiger partial charge on any atom is -0.337 e. The summed E-state index contributed by atoms with van der Waals surface area (Å²) in [6.07, 6.45) is -3.32. The van der Waals surface area contributed by atoms with Crippen LogP contribution in [0.3, 0.4) is 0 Å². The number of hydrogen-bond donors (Lipinski definition) is 0. The zero-order chi connectivity index (χ0) is 17.3. The molecular weight excluding hydrogens is 321 g/mol. The van der Waals surface area contributed by atoms with Crippen LogP contribution in [0.4, 0.5) is 25.1 Å². The Morgan fingerprint density at radius 1 is 0.875 bits per heavy atom. The maximum Gasteiger partial charge on any atom is 0.433 e. The van der Waals surface area contributed by atoms with Crippen LogP contribution in [0.5, 0.6) is 0 Å². The quantitative estimate of drug-likeness (QED) is 0.837. The molecule has 2 aromatic rings. The summed E-state index contributed by atoms with van der Waals surface area (Å²) in [6, 6.07) is 2.78. The van der Waals surface area contributed by atoms with Gasteiger partial charge in [-0.3, -0.25) is 0 Å². The van der Waals surface area contributed by atoms with Crippen molar-refractivity contribution in [3.8, 4) is 0 Å². The lowest BCUT2D eigenvalue weighted by molar-refractivity contribution is -0.141. The third-order valence-electron chi connectivity index (χ3n) is 3.75. The highest BCUT2D eigenvalue weighted by Gasteiger charge is 2.33. The molecule has 0 unspecified atom stereocenters. The molecule has 1 aliphatic rings. The molecule has 0 aliphatic carbocycles. The number of alkyl halides is 3. The van der Waals surface area contributed by atoms with Crippen LogP contribution in [0.25, 0.3) is 0 Å². The van der Waals surface area contributed by atoms with Crippen molar-refractivity contribution in [3.05, 3.63) is 35.4 Å². The summed E-state index contributed by atoms with van der Waals surface area (Å²) in [6.45, 7) is 6.04. The molecule has 3 heterocycles. The summed E-state index contributed by atoms with van der Waals surface area (Å²) in [5.41, 5.74) is 0.856. The molecule has 0 amide bonds. The lowest BCUT2D eigenvalue weighted by Gasteiger charge is -2.35. The van der Waals surface area contributed by atoms with Gasteiger partial charge in [0.15, 0.2) is 0 Å². The van der Waals surface area contributed by atoms with Crippen LogP contribution >= 0.6 is 0 Å². The molecule has 1 fully saturated rings. The molecule has 24 heavy (non-hydrogen) atoms. The van der Waals surface area contributed by atoms with Gasteiger partial charge < -0.3 is 9.80 Å². The molecule has 0 radical (unpaired) electrons. The van der Waals surface area contributed by atoms with Gasteiger partial charge in [0, 0.05) is 43.8 Å². The molecule has 1 aliphatic heterocycles. The number of aromatic nitrogens is 4. The molecule has 0 N–H and O–H groups in total. The van der Waals surface area contributed by atoms with Crippen molar-refractivity contribution in [3.63, 3.8) is 0 Å². The highest BCUT2D eigenvalue weighted by Crippen LogP contribution is 2.28. The van der Waals surface area contributed by atoms with E-state index < -0.39 is 11.9 Å². The molecule has 1 saturated heterocycles. The fourth-order valence-electron chi connectivity index (χ4n) is 2.61. The van der Waals surface area contributed by atoms with Crippen LogP contribution < -0.4 is 9.80 Å². The van der Waals surface area contributed by atoms with Crippen LogP contribution in [-0.4, -0.2) is 46.1 Å². The first-order valence-electron chi connectivity index (χ1n) is 7.55. The lowest BCUT2D eigenvalue weighted by atomic mass is 10.3. The molecule has 3 rings (SSSR count). The van der Waals surface area contributed by atoms with E-state index in [-0.39, 0.29) is 5.95 Å². The van der Waals surface area contributed by atoms with E-state index in [4.69, 9.17) is 0 Å². The van der Waals surface area contributed by atoms with Gasteiger partial charge in [0.1, 0.15) is 5.69 Å². The van der Waals surface area contributed by atoms with Crippen molar-refractivity contribution >= 4 is 11.9 Å². The third-order valence-corrected chi connectivity index (χ3v) is 3.75. The van der Waals surface area contributed by atoms with E-state index in [2.05, 4.69) is 19.9 Å². The summed E-state index contributed by atoms with van der Waals surface area (Å²) in [7, 11) is 0. The minimum absolute atomic E-state index is 0.103. The van der Waals surface area contributed by atoms with Gasteiger partial charge in [0.25, 0.3) is 0 Å². The smallest absolute Gasteiger partial charge is 0.337 e. The van der Waals surface area contributed by atoms with Crippen LogP contribution in [0.15, 0.2) is 18.3 Å². The Bertz CT molecular complexity index is 705. The molecule has 0 atom stereocenters. The van der Waals surface area contributed by atoms with Gasteiger partial charge in [-0.1, -0.05) is 0 Å². The summed E-state index contributed by atoms with van der Waals surface area (Å²) < 4.78 is 38.3. The Morgan fingerprint density at radius 3 is 1.96 bits per heavy atom. The molecule has 0 saturated carbocycles. The summed E-state index contributed by atoms with van der Waals surface area (Å²) >= 11 is 0. The first kappa shape index (κ1) is 16.4. The normalized spacial score (nSPS) is 15.7. The second-order valence-corrected chi connectivity index (χ2v) is 5.66. The molecule has 9 heteroatoms. The number of aryl methyl sites for hydroxylation is 2. The largest absolute Gasteiger partial charge is 0.433 e. The van der Waals surface area contributed by atoms with Gasteiger partial charge in [0.05, 0.1) is 0 Å². The van der Waals surface area contributed by atoms with E-state index in [9.17, 15) is 13.2 Å². The molecule has 0 bridgehead atoms. The van der Waals surface area contributed by atoms with E-state index in [1.165, 1.54) is 0 Å². The average molecular weight is 338 g/mol. The SMILES string of the molecule is Cc1cc(C)nc(N2CCN(c3nccc(C(F)(F)F)n3)CC2)n1. The van der Waals surface area contributed by atoms with Crippen LogP contribution in [0.2, 0.25) is 0 Å². The fourth-order valence-corrected chi connectivity index (χ4v) is 2.61. The second-order valence-electron chi connectivity index (χ2n) is 5.66. The number of hydrogen-bond acceptors (Lipinski definition) is 6. The van der Waals surface area contributed by atoms with E-state index in [0.29, 0.717) is 32.1 Å². The predicted octanol–water partition coefficient (Wildman–Crippen LogP) is 2.23. The Morgan fingerprint density at radius 2 is 1.42 bits per heavy atom. The van der Waals surface area contributed by atoms with Crippen LogP contribution in [-0.2, 0) is 6.18 Å². The topological polar surface area (TPSA) is 58.0 Å². The Kier molecular flexibility index (Phi) is 4.25. The molecule has 0 spiro atoms. The van der Waals surface area contributed by atoms with Crippen molar-refractivity contribution in [2.24, 2.45) is 0 Å². The lowest BCUT2D eigenvalue weighted by Crippen LogP contribution is -2.47. The van der Waals surface area contributed by atoms with Crippen molar-refractivity contribution in [1.82, 2.24) is 19.9 Å². The van der Waals surface area contributed by atoms with Gasteiger partial charge in [-0.2, -0.15) is 13.2 Å². The first-order chi connectivity index (χ1) is 11.3. The van der Waals surface area contributed by atoms with E-state index in [0.717, 1.165) is 23.7 Å². The molecular formula is C15H17F3N6. The van der Waals surface area contributed by atoms with Crippen molar-refractivity contribution in [2.45, 2.75) is 20.0 Å². The average Bonchev–Trinajstić information content (AvgIpc) is 2.53. The summed E-state index contributed by atoms with van der Waals surface area (Å²) in [5, 5.41) is 0. The van der Waals surface area contributed by atoms with E-state index >= 15 is 0 Å². The first-order valence-corrected chi connectivity index (χ1v) is 7.55. The van der Waals surface area contributed by atoms with Crippen molar-refractivity contribution < 1.29 is 13.2 Å². The number of piperazine rings is 1. The minimum atomic E-state index is -4.47. The third kappa shape index (κ3) is 3.55. The van der Waals surface area contributed by atoms with Crippen LogP contribution in [0, 0.1) is 13.8 Å². The number of halogens is 3. The Labute approximate surface area is 137 Å². The molecule has 128 valence electrons. The van der Waals surface area contributed by atoms with E-state index in [1.54, 1.807) is 4.90 Å². The monoisotopic (exact) mass is 338 g/mol. The van der Waals surface area contributed by atoms with Crippen LogP contribution in [0.1, 0.15) is 17.1 Å². The van der Waals surface area contributed by atoms with Gasteiger partial charge >= 0.3 is 6.18 Å². The number of anilines is 2. The zero-order valence-corrected chi connectivity index (χ0v) is 13.4. The van der Waals surface area contributed by atoms with Gasteiger partial charge in [-0.25, -0.2) is 19.9 Å². The highest BCUT2D eigenvalue weighted by atomic mass is 19.4. The fraction of sp³-hybridized carbons (Fsp3) is 0.467. The van der Waals surface area contributed by atoms with E-state index in [1.807, 2.05) is 24.8 Å². The number of nitrogens with zero attached hydrogens (tertiary/aromatic N) is 6. The van der Waals surface area contributed by atoms with Crippen molar-refractivity contribution in [2.75, 3.05) is 36.0 Å². The Hall–Kier alpha value is -2.45. The highest BCUT2D eigenvalue weighted by molar-refractivity contribution is 5.39. The maximum absolute atomic E-state index is 12.8. The second kappa shape index (κ2) is 6.21. The van der Waals surface area contributed by atoms with Crippen molar-refractivity contribution in [1.29, 1.82) is 0 Å².